The molecule has 172 valence electrons. The number of carbonyl (C=O) groups is 1. The van der Waals surface area contributed by atoms with Gasteiger partial charge >= 0.3 is 5.97 Å². The highest BCUT2D eigenvalue weighted by molar-refractivity contribution is 6.76. The lowest BCUT2D eigenvalue weighted by atomic mass is 9.86. The van der Waals surface area contributed by atoms with Gasteiger partial charge in [-0.25, -0.2) is 14.2 Å². The highest BCUT2D eigenvalue weighted by Gasteiger charge is 2.45. The van der Waals surface area contributed by atoms with E-state index in [9.17, 15) is 19.1 Å². The van der Waals surface area contributed by atoms with Crippen LogP contribution in [0.25, 0.3) is 22.3 Å². The maximum atomic E-state index is 15.0. The topological polar surface area (TPSA) is 81.4 Å². The Bertz CT molecular complexity index is 1390. The first-order valence-corrected chi connectivity index (χ1v) is 15.0. The molecule has 0 spiro atoms. The summed E-state index contributed by atoms with van der Waals surface area (Å²) in [5.41, 5.74) is 1.86. The third kappa shape index (κ3) is 3.26. The highest BCUT2D eigenvalue weighted by atomic mass is 28.3. The number of aromatic nitrogens is 2. The number of fused-ring (bicyclic) bond motifs is 5. The van der Waals surface area contributed by atoms with Gasteiger partial charge in [-0.3, -0.25) is 4.79 Å². The van der Waals surface area contributed by atoms with Gasteiger partial charge in [0.05, 0.1) is 29.0 Å². The van der Waals surface area contributed by atoms with Crippen LogP contribution in [-0.4, -0.2) is 28.7 Å². The van der Waals surface area contributed by atoms with E-state index in [4.69, 9.17) is 9.72 Å². The van der Waals surface area contributed by atoms with E-state index in [1.165, 1.54) is 6.07 Å². The Kier molecular flexibility index (Phi) is 4.88. The molecule has 6 nitrogen and oxygen atoms in total. The monoisotopic (exact) mass is 466 g/mol. The Morgan fingerprint density at radius 1 is 1.24 bits per heavy atom. The van der Waals surface area contributed by atoms with E-state index in [-0.39, 0.29) is 42.1 Å². The van der Waals surface area contributed by atoms with Crippen molar-refractivity contribution >= 4 is 24.9 Å². The van der Waals surface area contributed by atoms with E-state index in [0.717, 1.165) is 17.2 Å². The van der Waals surface area contributed by atoms with Gasteiger partial charge in [0, 0.05) is 24.6 Å². The molecule has 0 aliphatic carbocycles. The summed E-state index contributed by atoms with van der Waals surface area (Å²) in [5.74, 6) is -1.06. The minimum Gasteiger partial charge on any atom is -0.458 e. The molecule has 5 rings (SSSR count). The maximum absolute atomic E-state index is 15.0. The van der Waals surface area contributed by atoms with E-state index >= 15 is 0 Å². The van der Waals surface area contributed by atoms with Gasteiger partial charge in [0.2, 0.25) is 0 Å². The molecule has 8 heteroatoms. The lowest BCUT2D eigenvalue weighted by molar-refractivity contribution is -0.172. The van der Waals surface area contributed by atoms with Crippen LogP contribution >= 0.6 is 0 Å². The second-order valence-electron chi connectivity index (χ2n) is 10.2. The molecule has 1 N–H and O–H groups in total. The number of benzene rings is 1. The van der Waals surface area contributed by atoms with Gasteiger partial charge in [-0.05, 0) is 36.6 Å². The van der Waals surface area contributed by atoms with Crippen molar-refractivity contribution in [2.45, 2.75) is 64.2 Å². The number of halogens is 1. The standard InChI is InChI=1S/C25H27FN2O4Si/c1-5-25(31)17-11-20-22-15(12-28(20)23(29)16(17)13-32-24(25)30)14(9-10-33(2,3)4)21-18(26)7-6-8-19(21)27-22/h6-8,11,31H,5,9-10,12-13H2,1-4H3/t25-/m0/s1. The van der Waals surface area contributed by atoms with Crippen molar-refractivity contribution in [3.05, 3.63) is 62.7 Å². The molecule has 2 aliphatic heterocycles. The molecule has 0 amide bonds. The van der Waals surface area contributed by atoms with Crippen LogP contribution in [0.5, 0.6) is 0 Å². The largest absolute Gasteiger partial charge is 0.458 e. The number of hydrogen-bond acceptors (Lipinski definition) is 5. The van der Waals surface area contributed by atoms with Crippen LogP contribution in [0.2, 0.25) is 25.7 Å². The quantitative estimate of drug-likeness (QED) is 0.362. The van der Waals surface area contributed by atoms with Crippen molar-refractivity contribution in [2.75, 3.05) is 0 Å². The van der Waals surface area contributed by atoms with Gasteiger partial charge in [0.1, 0.15) is 12.4 Å². The normalized spacial score (nSPS) is 19.3. The van der Waals surface area contributed by atoms with Crippen LogP contribution in [0.4, 0.5) is 4.39 Å². The predicted octanol–water partition coefficient (Wildman–Crippen LogP) is 4.10. The second kappa shape index (κ2) is 7.33. The summed E-state index contributed by atoms with van der Waals surface area (Å²) in [6.45, 7) is 8.64. The average Bonchev–Trinajstić information content (AvgIpc) is 3.13. The van der Waals surface area contributed by atoms with E-state index < -0.39 is 19.6 Å². The lowest BCUT2D eigenvalue weighted by Gasteiger charge is -2.31. The first-order chi connectivity index (χ1) is 15.5. The summed E-state index contributed by atoms with van der Waals surface area (Å²) in [4.78, 5) is 30.6. The number of aryl methyl sites for hydroxylation is 1. The Morgan fingerprint density at radius 3 is 2.70 bits per heavy atom. The molecule has 2 aliphatic rings. The van der Waals surface area contributed by atoms with E-state index in [1.54, 1.807) is 29.7 Å². The van der Waals surface area contributed by atoms with Crippen LogP contribution in [0, 0.1) is 5.82 Å². The minimum absolute atomic E-state index is 0.0897. The molecule has 0 fully saturated rings. The smallest absolute Gasteiger partial charge is 0.343 e. The number of pyridine rings is 2. The Balaban J connectivity index is 1.79. The van der Waals surface area contributed by atoms with Gasteiger partial charge in [-0.15, -0.1) is 0 Å². The number of nitrogens with zero attached hydrogens (tertiary/aromatic N) is 2. The summed E-state index contributed by atoms with van der Waals surface area (Å²) in [6.07, 6.45) is 0.799. The number of esters is 1. The molecule has 1 atom stereocenters. The zero-order chi connectivity index (χ0) is 23.7. The lowest BCUT2D eigenvalue weighted by Crippen LogP contribution is -2.44. The Morgan fingerprint density at radius 2 is 2.00 bits per heavy atom. The van der Waals surface area contributed by atoms with Crippen molar-refractivity contribution in [3.8, 4) is 11.4 Å². The van der Waals surface area contributed by atoms with E-state index in [0.29, 0.717) is 28.7 Å². The molecule has 0 saturated carbocycles. The molecule has 1 aromatic carbocycles. The molecule has 33 heavy (non-hydrogen) atoms. The first-order valence-electron chi connectivity index (χ1n) is 11.3. The number of cyclic esters (lactones) is 1. The zero-order valence-electron chi connectivity index (χ0n) is 19.3. The summed E-state index contributed by atoms with van der Waals surface area (Å²) >= 11 is 0. The molecule has 3 aromatic rings. The van der Waals surface area contributed by atoms with Crippen molar-refractivity contribution in [1.29, 1.82) is 0 Å². The average molecular weight is 467 g/mol. The predicted molar refractivity (Wildman–Crippen MR) is 126 cm³/mol. The van der Waals surface area contributed by atoms with Crippen LogP contribution in [0.15, 0.2) is 29.1 Å². The minimum atomic E-state index is -1.87. The number of hydrogen-bond donors (Lipinski definition) is 1. The molecule has 0 saturated heterocycles. The molecule has 4 heterocycles. The zero-order valence-corrected chi connectivity index (χ0v) is 20.3. The fourth-order valence-corrected chi connectivity index (χ4v) is 5.96. The molecule has 0 unspecified atom stereocenters. The molecule has 2 aromatic heterocycles. The van der Waals surface area contributed by atoms with Crippen molar-refractivity contribution in [2.24, 2.45) is 0 Å². The van der Waals surface area contributed by atoms with Crippen LogP contribution in [0.1, 0.15) is 35.6 Å². The van der Waals surface area contributed by atoms with Crippen LogP contribution in [0.3, 0.4) is 0 Å². The summed E-state index contributed by atoms with van der Waals surface area (Å²) in [6, 6.07) is 7.56. The summed E-state index contributed by atoms with van der Waals surface area (Å²) in [7, 11) is -1.42. The second-order valence-corrected chi connectivity index (χ2v) is 15.8. The van der Waals surface area contributed by atoms with E-state index in [2.05, 4.69) is 19.6 Å². The molecular weight excluding hydrogens is 439 g/mol. The van der Waals surface area contributed by atoms with Gasteiger partial charge in [0.15, 0.2) is 5.60 Å². The Labute approximate surface area is 192 Å². The van der Waals surface area contributed by atoms with Crippen LogP contribution < -0.4 is 5.56 Å². The third-order valence-corrected chi connectivity index (χ3v) is 8.65. The SMILES string of the molecule is CC[C@@]1(O)C(=O)OCc2c1cc1n(c2=O)Cc2c-1nc1cccc(F)c1c2CC[Si](C)(C)C. The number of ether oxygens (including phenoxy) is 1. The highest BCUT2D eigenvalue weighted by Crippen LogP contribution is 2.41. The number of aliphatic hydroxyl groups is 1. The van der Waals surface area contributed by atoms with Crippen molar-refractivity contribution < 1.29 is 19.0 Å². The van der Waals surface area contributed by atoms with Gasteiger partial charge < -0.3 is 14.4 Å². The van der Waals surface area contributed by atoms with Gasteiger partial charge in [-0.1, -0.05) is 38.7 Å². The number of rotatable bonds is 4. The summed E-state index contributed by atoms with van der Waals surface area (Å²) < 4.78 is 21.8. The molecular formula is C25H27FN2O4Si. The van der Waals surface area contributed by atoms with Gasteiger partial charge in [0.25, 0.3) is 5.56 Å². The van der Waals surface area contributed by atoms with Crippen molar-refractivity contribution in [3.63, 3.8) is 0 Å². The number of carbonyl (C=O) groups excluding carboxylic acids is 1. The first kappa shape index (κ1) is 22.0. The third-order valence-electron chi connectivity index (χ3n) is 6.90. The van der Waals surface area contributed by atoms with E-state index in [1.807, 2.05) is 0 Å². The maximum Gasteiger partial charge on any atom is 0.343 e. The molecule has 0 radical (unpaired) electrons. The Hall–Kier alpha value is -2.84. The fourth-order valence-electron chi connectivity index (χ4n) is 4.96. The van der Waals surface area contributed by atoms with Crippen molar-refractivity contribution in [1.82, 2.24) is 9.55 Å². The fraction of sp³-hybridized carbons (Fsp3) is 0.400. The molecule has 0 bridgehead atoms. The van der Waals surface area contributed by atoms with Gasteiger partial charge in [-0.2, -0.15) is 0 Å². The van der Waals surface area contributed by atoms with Crippen LogP contribution in [-0.2, 0) is 34.7 Å². The summed E-state index contributed by atoms with van der Waals surface area (Å²) in [5, 5.41) is 11.6.